The number of thiazole rings is 1. The molecule has 1 N–H and O–H groups in total. The number of aromatic nitrogens is 1. The van der Waals surface area contributed by atoms with Gasteiger partial charge in [0.15, 0.2) is 5.13 Å². The molecule has 112 valence electrons. The average molecular weight is 297 g/mol. The van der Waals surface area contributed by atoms with Gasteiger partial charge in [0.2, 0.25) is 0 Å². The van der Waals surface area contributed by atoms with Gasteiger partial charge in [-0.2, -0.15) is 0 Å². The maximum atomic E-state index is 11.3. The van der Waals surface area contributed by atoms with Crippen LogP contribution in [0.3, 0.4) is 0 Å². The molecule has 20 heavy (non-hydrogen) atoms. The van der Waals surface area contributed by atoms with Crippen molar-refractivity contribution in [1.29, 1.82) is 0 Å². The quantitative estimate of drug-likeness (QED) is 0.925. The molecule has 1 aromatic heterocycles. The lowest BCUT2D eigenvalue weighted by Crippen LogP contribution is -2.41. The fraction of sp³-hybridized carbons (Fsp3) is 0.714. The van der Waals surface area contributed by atoms with Crippen molar-refractivity contribution in [1.82, 2.24) is 9.88 Å². The number of hydrogen-bond acceptors (Lipinski definition) is 5. The van der Waals surface area contributed by atoms with E-state index < -0.39 is 5.97 Å². The van der Waals surface area contributed by atoms with Crippen LogP contribution in [0, 0.1) is 0 Å². The lowest BCUT2D eigenvalue weighted by Gasteiger charge is -2.34. The second-order valence-corrected chi connectivity index (χ2v) is 6.79. The molecule has 0 radical (unpaired) electrons. The Hall–Kier alpha value is -1.14. The molecule has 0 aliphatic carbocycles. The summed E-state index contributed by atoms with van der Waals surface area (Å²) in [7, 11) is 4.17. The molecule has 1 aliphatic heterocycles. The number of hydrogen-bond donors (Lipinski definition) is 1. The van der Waals surface area contributed by atoms with E-state index in [4.69, 9.17) is 0 Å². The van der Waals surface area contributed by atoms with Gasteiger partial charge in [0, 0.05) is 13.1 Å². The van der Waals surface area contributed by atoms with Gasteiger partial charge in [-0.25, -0.2) is 9.78 Å². The maximum absolute atomic E-state index is 11.3. The van der Waals surface area contributed by atoms with E-state index in [1.807, 2.05) is 20.9 Å². The van der Waals surface area contributed by atoms with Crippen LogP contribution in [0.5, 0.6) is 0 Å². The minimum absolute atomic E-state index is 0.136. The molecule has 1 fully saturated rings. The number of nitrogens with zero attached hydrogens (tertiary/aromatic N) is 3. The van der Waals surface area contributed by atoms with Gasteiger partial charge in [-0.3, -0.25) is 0 Å². The van der Waals surface area contributed by atoms with Crippen molar-refractivity contribution >= 4 is 22.4 Å². The van der Waals surface area contributed by atoms with Crippen LogP contribution in [0.2, 0.25) is 0 Å². The molecule has 0 atom stereocenters. The zero-order valence-corrected chi connectivity index (χ0v) is 13.4. The zero-order valence-electron chi connectivity index (χ0n) is 12.6. The molecule has 0 saturated carbocycles. The van der Waals surface area contributed by atoms with E-state index in [0.29, 0.717) is 16.6 Å². The minimum Gasteiger partial charge on any atom is -0.477 e. The Bertz CT molecular complexity index is 479. The van der Waals surface area contributed by atoms with E-state index in [1.165, 1.54) is 11.3 Å². The normalized spacial score (nSPS) is 17.6. The largest absolute Gasteiger partial charge is 0.477 e. The van der Waals surface area contributed by atoms with Gasteiger partial charge in [0.1, 0.15) is 4.88 Å². The summed E-state index contributed by atoms with van der Waals surface area (Å²) in [5, 5.41) is 10.1. The predicted octanol–water partition coefficient (Wildman–Crippen LogP) is 2.50. The van der Waals surface area contributed by atoms with Gasteiger partial charge in [-0.05, 0) is 38.9 Å². The van der Waals surface area contributed by atoms with Crippen molar-refractivity contribution in [3.8, 4) is 0 Å². The van der Waals surface area contributed by atoms with Crippen LogP contribution in [0.4, 0.5) is 5.13 Å². The number of carboxylic acid groups (broad SMARTS) is 1. The van der Waals surface area contributed by atoms with E-state index in [-0.39, 0.29) is 5.92 Å². The first-order valence-electron chi connectivity index (χ1n) is 7.05. The number of carboxylic acids is 1. The number of piperidine rings is 1. The Morgan fingerprint density at radius 3 is 2.50 bits per heavy atom. The summed E-state index contributed by atoms with van der Waals surface area (Å²) in [4.78, 5) is 20.8. The standard InChI is InChI=1S/C14H23N3O2S/c1-9(2)11-12(13(18)19)20-14(15-11)17(4)10-5-7-16(3)8-6-10/h9-10H,5-8H2,1-4H3,(H,18,19). The summed E-state index contributed by atoms with van der Waals surface area (Å²) in [6.45, 7) is 6.15. The van der Waals surface area contributed by atoms with E-state index >= 15 is 0 Å². The molecule has 1 aromatic rings. The van der Waals surface area contributed by atoms with Crippen LogP contribution in [0.25, 0.3) is 0 Å². The topological polar surface area (TPSA) is 56.7 Å². The smallest absolute Gasteiger partial charge is 0.347 e. The summed E-state index contributed by atoms with van der Waals surface area (Å²) in [6, 6.07) is 0.457. The molecule has 6 heteroatoms. The fourth-order valence-electron chi connectivity index (χ4n) is 2.55. The van der Waals surface area contributed by atoms with Crippen LogP contribution < -0.4 is 4.90 Å². The number of anilines is 1. The summed E-state index contributed by atoms with van der Waals surface area (Å²) >= 11 is 1.30. The first-order chi connectivity index (χ1) is 9.40. The molecule has 2 rings (SSSR count). The number of likely N-dealkylation sites (tertiary alicyclic amines) is 1. The predicted molar refractivity (Wildman–Crippen MR) is 82.1 cm³/mol. The summed E-state index contributed by atoms with van der Waals surface area (Å²) in [5.74, 6) is -0.730. The van der Waals surface area contributed by atoms with E-state index in [9.17, 15) is 9.90 Å². The van der Waals surface area contributed by atoms with E-state index in [1.54, 1.807) is 0 Å². The molecule has 0 amide bonds. The first kappa shape index (κ1) is 15.3. The first-order valence-corrected chi connectivity index (χ1v) is 7.87. The third-order valence-corrected chi connectivity index (χ3v) is 5.07. The van der Waals surface area contributed by atoms with Crippen LogP contribution in [0.1, 0.15) is 48.0 Å². The van der Waals surface area contributed by atoms with Crippen molar-refractivity contribution in [2.45, 2.75) is 38.6 Å². The fourth-order valence-corrected chi connectivity index (χ4v) is 3.65. The molecule has 0 unspecified atom stereocenters. The van der Waals surface area contributed by atoms with Crippen molar-refractivity contribution in [3.63, 3.8) is 0 Å². The highest BCUT2D eigenvalue weighted by Crippen LogP contribution is 2.32. The third kappa shape index (κ3) is 3.12. The van der Waals surface area contributed by atoms with E-state index in [0.717, 1.165) is 31.1 Å². The lowest BCUT2D eigenvalue weighted by atomic mass is 10.0. The summed E-state index contributed by atoms with van der Waals surface area (Å²) in [6.07, 6.45) is 2.21. The minimum atomic E-state index is -0.866. The van der Waals surface area contributed by atoms with Gasteiger partial charge in [-0.1, -0.05) is 25.2 Å². The Morgan fingerprint density at radius 1 is 1.45 bits per heavy atom. The maximum Gasteiger partial charge on any atom is 0.347 e. The van der Waals surface area contributed by atoms with E-state index in [2.05, 4.69) is 21.8 Å². The molecule has 1 saturated heterocycles. The highest BCUT2D eigenvalue weighted by atomic mass is 32.1. The van der Waals surface area contributed by atoms with Gasteiger partial charge in [-0.15, -0.1) is 0 Å². The molecule has 5 nitrogen and oxygen atoms in total. The number of rotatable bonds is 4. The summed E-state index contributed by atoms with van der Waals surface area (Å²) < 4.78 is 0. The highest BCUT2D eigenvalue weighted by Gasteiger charge is 2.26. The highest BCUT2D eigenvalue weighted by molar-refractivity contribution is 7.17. The van der Waals surface area contributed by atoms with Gasteiger partial charge >= 0.3 is 5.97 Å². The van der Waals surface area contributed by atoms with Crippen molar-refractivity contribution in [2.24, 2.45) is 0 Å². The lowest BCUT2D eigenvalue weighted by molar-refractivity contribution is 0.0700. The Kier molecular flexibility index (Phi) is 4.65. The van der Waals surface area contributed by atoms with Crippen molar-refractivity contribution in [3.05, 3.63) is 10.6 Å². The second kappa shape index (κ2) is 6.10. The van der Waals surface area contributed by atoms with Crippen LogP contribution in [0.15, 0.2) is 0 Å². The van der Waals surface area contributed by atoms with Crippen LogP contribution >= 0.6 is 11.3 Å². The third-order valence-electron chi connectivity index (χ3n) is 3.92. The summed E-state index contributed by atoms with van der Waals surface area (Å²) in [5.41, 5.74) is 0.706. The van der Waals surface area contributed by atoms with Crippen molar-refractivity contribution < 1.29 is 9.90 Å². The van der Waals surface area contributed by atoms with Gasteiger partial charge in [0.05, 0.1) is 5.69 Å². The Labute approximate surface area is 124 Å². The number of aromatic carboxylic acids is 1. The molecule has 1 aliphatic rings. The zero-order chi connectivity index (χ0) is 14.9. The monoisotopic (exact) mass is 297 g/mol. The second-order valence-electron chi connectivity index (χ2n) is 5.82. The van der Waals surface area contributed by atoms with Gasteiger partial charge in [0.25, 0.3) is 0 Å². The number of carbonyl (C=O) groups is 1. The molecular formula is C14H23N3O2S. The Balaban J connectivity index is 2.20. The average Bonchev–Trinajstić information content (AvgIpc) is 2.84. The Morgan fingerprint density at radius 2 is 2.05 bits per heavy atom. The SMILES string of the molecule is CC(C)c1nc(N(C)C2CCN(C)CC2)sc1C(=O)O. The van der Waals surface area contributed by atoms with Crippen molar-refractivity contribution in [2.75, 3.05) is 32.1 Å². The van der Waals surface area contributed by atoms with Crippen LogP contribution in [-0.4, -0.2) is 54.2 Å². The molecule has 2 heterocycles. The molecule has 0 spiro atoms. The molecule has 0 aromatic carbocycles. The molecular weight excluding hydrogens is 274 g/mol. The van der Waals surface area contributed by atoms with Gasteiger partial charge < -0.3 is 14.9 Å². The molecule has 0 bridgehead atoms. The van der Waals surface area contributed by atoms with Crippen LogP contribution in [-0.2, 0) is 0 Å².